The Morgan fingerprint density at radius 2 is 2.21 bits per heavy atom. The molecule has 1 saturated heterocycles. The lowest BCUT2D eigenvalue weighted by molar-refractivity contribution is -0.156. The molecule has 3 atom stereocenters. The van der Waals surface area contributed by atoms with Crippen LogP contribution in [0, 0.1) is 11.8 Å². The largest absolute Gasteiger partial charge is 0.374 e. The Morgan fingerprint density at radius 1 is 1.39 bits per heavy atom. The van der Waals surface area contributed by atoms with Crippen molar-refractivity contribution < 1.29 is 9.53 Å². The van der Waals surface area contributed by atoms with E-state index in [-0.39, 0.29) is 17.6 Å². The van der Waals surface area contributed by atoms with Gasteiger partial charge in [0, 0.05) is 45.5 Å². The van der Waals surface area contributed by atoms with E-state index in [0.717, 1.165) is 38.1 Å². The Bertz CT molecular complexity index is 724. The number of ether oxygens (including phenoxy) is 1. The van der Waals surface area contributed by atoms with Gasteiger partial charge >= 0.3 is 0 Å². The van der Waals surface area contributed by atoms with Crippen molar-refractivity contribution in [1.82, 2.24) is 19.6 Å². The molecule has 1 aromatic rings. The van der Waals surface area contributed by atoms with Crippen molar-refractivity contribution in [2.24, 2.45) is 18.9 Å². The van der Waals surface area contributed by atoms with Crippen LogP contribution in [0.25, 0.3) is 0 Å². The number of morpholine rings is 1. The van der Waals surface area contributed by atoms with E-state index in [9.17, 15) is 4.79 Å². The molecule has 1 aromatic heterocycles. The lowest BCUT2D eigenvalue weighted by Gasteiger charge is -2.55. The molecule has 2 heterocycles. The van der Waals surface area contributed by atoms with Crippen LogP contribution in [-0.4, -0.2) is 70.4 Å². The van der Waals surface area contributed by atoms with Gasteiger partial charge in [-0.25, -0.2) is 0 Å². The van der Waals surface area contributed by atoms with Crippen molar-refractivity contribution >= 4 is 5.91 Å². The third kappa shape index (κ3) is 3.73. The summed E-state index contributed by atoms with van der Waals surface area (Å²) in [4.78, 5) is 17.2. The van der Waals surface area contributed by atoms with E-state index in [2.05, 4.69) is 16.2 Å². The summed E-state index contributed by atoms with van der Waals surface area (Å²) in [6, 6.07) is 0. The molecule has 1 aliphatic heterocycles. The molecule has 0 aromatic carbocycles. The maximum Gasteiger partial charge on any atom is 0.224 e. The van der Waals surface area contributed by atoms with Gasteiger partial charge in [0.2, 0.25) is 5.91 Å². The van der Waals surface area contributed by atoms with Crippen LogP contribution >= 0.6 is 0 Å². The number of nitrogens with zero attached hydrogens (tertiary/aromatic N) is 4. The first-order valence-electron chi connectivity index (χ1n) is 11.1. The van der Waals surface area contributed by atoms with Gasteiger partial charge < -0.3 is 9.64 Å². The second-order valence-corrected chi connectivity index (χ2v) is 9.89. The summed E-state index contributed by atoms with van der Waals surface area (Å²) in [5.41, 5.74) is 1.64. The SMILES string of the molecule is CN(CC1CC1)C(=O)CC1CN(C[C@@H]2C[C@H]2c2cnn(C)c2)C2(CCC2)CO1. The maximum atomic E-state index is 12.6. The van der Waals surface area contributed by atoms with E-state index in [0.29, 0.717) is 12.3 Å². The molecule has 0 N–H and O–H groups in total. The zero-order valence-corrected chi connectivity index (χ0v) is 17.3. The highest BCUT2D eigenvalue weighted by Gasteiger charge is 2.50. The number of carbonyl (C=O) groups is 1. The van der Waals surface area contributed by atoms with Crippen LogP contribution in [0.15, 0.2) is 12.4 Å². The number of hydrogen-bond donors (Lipinski definition) is 0. The third-order valence-corrected chi connectivity index (χ3v) is 7.55. The Hall–Kier alpha value is -1.40. The van der Waals surface area contributed by atoms with Gasteiger partial charge in [0.1, 0.15) is 0 Å². The number of aromatic nitrogens is 2. The van der Waals surface area contributed by atoms with Gasteiger partial charge in [0.25, 0.3) is 0 Å². The number of aryl methyl sites for hydroxylation is 1. The van der Waals surface area contributed by atoms with Crippen molar-refractivity contribution in [2.45, 2.75) is 62.5 Å². The zero-order chi connectivity index (χ0) is 19.3. The summed E-state index contributed by atoms with van der Waals surface area (Å²) in [6.45, 7) is 3.79. The molecule has 154 valence electrons. The summed E-state index contributed by atoms with van der Waals surface area (Å²) < 4.78 is 8.13. The molecule has 5 rings (SSSR count). The average molecular weight is 387 g/mol. The molecule has 0 radical (unpaired) electrons. The predicted molar refractivity (Wildman–Crippen MR) is 107 cm³/mol. The first-order valence-corrected chi connectivity index (χ1v) is 11.1. The van der Waals surface area contributed by atoms with E-state index in [1.807, 2.05) is 29.9 Å². The minimum absolute atomic E-state index is 0.0518. The highest BCUT2D eigenvalue weighted by Crippen LogP contribution is 2.50. The van der Waals surface area contributed by atoms with Gasteiger partial charge in [-0.15, -0.1) is 0 Å². The van der Waals surface area contributed by atoms with Crippen LogP contribution in [0.2, 0.25) is 0 Å². The Balaban J connectivity index is 1.18. The van der Waals surface area contributed by atoms with Crippen LogP contribution in [0.5, 0.6) is 0 Å². The van der Waals surface area contributed by atoms with E-state index >= 15 is 0 Å². The van der Waals surface area contributed by atoms with Crippen molar-refractivity contribution in [1.29, 1.82) is 0 Å². The van der Waals surface area contributed by atoms with E-state index in [1.54, 1.807) is 0 Å². The van der Waals surface area contributed by atoms with Gasteiger partial charge in [0.05, 0.1) is 25.3 Å². The highest BCUT2D eigenvalue weighted by molar-refractivity contribution is 5.76. The Morgan fingerprint density at radius 3 is 2.86 bits per heavy atom. The van der Waals surface area contributed by atoms with Crippen LogP contribution in [0.1, 0.15) is 56.4 Å². The van der Waals surface area contributed by atoms with Crippen LogP contribution in [0.4, 0.5) is 0 Å². The second-order valence-electron chi connectivity index (χ2n) is 9.89. The van der Waals surface area contributed by atoms with Crippen molar-refractivity contribution in [3.63, 3.8) is 0 Å². The highest BCUT2D eigenvalue weighted by atomic mass is 16.5. The topological polar surface area (TPSA) is 50.6 Å². The van der Waals surface area contributed by atoms with E-state index in [4.69, 9.17) is 4.74 Å². The Kier molecular flexibility index (Phi) is 4.74. The zero-order valence-electron chi connectivity index (χ0n) is 17.3. The third-order valence-electron chi connectivity index (χ3n) is 7.55. The molecule has 6 heteroatoms. The molecule has 1 amide bonds. The lowest BCUT2D eigenvalue weighted by Crippen LogP contribution is -2.63. The fourth-order valence-electron chi connectivity index (χ4n) is 5.21. The fraction of sp³-hybridized carbons (Fsp3) is 0.818. The molecule has 1 spiro atoms. The molecule has 3 saturated carbocycles. The molecular weight excluding hydrogens is 352 g/mol. The molecule has 6 nitrogen and oxygen atoms in total. The van der Waals surface area contributed by atoms with Crippen molar-refractivity contribution in [3.8, 4) is 0 Å². The molecular formula is C22H34N4O2. The number of amides is 1. The number of rotatable bonds is 7. The first-order chi connectivity index (χ1) is 13.5. The molecule has 3 aliphatic carbocycles. The molecule has 4 fully saturated rings. The van der Waals surface area contributed by atoms with Crippen LogP contribution < -0.4 is 0 Å². The summed E-state index contributed by atoms with van der Waals surface area (Å²) in [7, 11) is 3.95. The van der Waals surface area contributed by atoms with Gasteiger partial charge in [-0.2, -0.15) is 5.10 Å². The molecule has 4 aliphatic rings. The molecule has 28 heavy (non-hydrogen) atoms. The minimum Gasteiger partial charge on any atom is -0.374 e. The van der Waals surface area contributed by atoms with Gasteiger partial charge in [-0.3, -0.25) is 14.4 Å². The average Bonchev–Trinajstić information content (AvgIpc) is 3.55. The quantitative estimate of drug-likeness (QED) is 0.722. The van der Waals surface area contributed by atoms with Crippen molar-refractivity contribution in [3.05, 3.63) is 18.0 Å². The number of hydrogen-bond acceptors (Lipinski definition) is 4. The summed E-state index contributed by atoms with van der Waals surface area (Å²) in [5, 5.41) is 4.34. The normalized spacial score (nSPS) is 31.6. The Labute approximate surface area is 168 Å². The standard InChI is InChI=1S/C22H34N4O2/c1-24(11-16-4-5-16)21(27)9-19-14-26(22(15-28-19)6-3-7-22)13-17-8-20(17)18-10-23-25(2)12-18/h10,12,16-17,19-20H,3-9,11,13-15H2,1-2H3/t17-,19?,20+/m0/s1. The van der Waals surface area contributed by atoms with Crippen LogP contribution in [-0.2, 0) is 16.6 Å². The predicted octanol–water partition coefficient (Wildman–Crippen LogP) is 2.41. The smallest absolute Gasteiger partial charge is 0.224 e. The van der Waals surface area contributed by atoms with Gasteiger partial charge in [-0.05, 0) is 61.8 Å². The fourth-order valence-corrected chi connectivity index (χ4v) is 5.21. The van der Waals surface area contributed by atoms with Crippen LogP contribution in [0.3, 0.4) is 0 Å². The lowest BCUT2D eigenvalue weighted by atomic mass is 9.74. The summed E-state index contributed by atoms with van der Waals surface area (Å²) in [6.07, 6.45) is 12.4. The molecule has 1 unspecified atom stereocenters. The van der Waals surface area contributed by atoms with Gasteiger partial charge in [-0.1, -0.05) is 0 Å². The van der Waals surface area contributed by atoms with Gasteiger partial charge in [0.15, 0.2) is 0 Å². The second kappa shape index (κ2) is 7.13. The maximum absolute atomic E-state index is 12.6. The van der Waals surface area contributed by atoms with E-state index in [1.165, 1.54) is 44.1 Å². The minimum atomic E-state index is 0.0518. The number of carbonyl (C=O) groups excluding carboxylic acids is 1. The monoisotopic (exact) mass is 386 g/mol. The first kappa shape index (κ1) is 18.6. The summed E-state index contributed by atoms with van der Waals surface area (Å²) in [5.74, 6) is 2.39. The molecule has 0 bridgehead atoms. The van der Waals surface area contributed by atoms with E-state index < -0.39 is 0 Å². The summed E-state index contributed by atoms with van der Waals surface area (Å²) >= 11 is 0. The van der Waals surface area contributed by atoms with Crippen molar-refractivity contribution in [2.75, 3.05) is 33.3 Å².